The van der Waals surface area contributed by atoms with E-state index in [0.717, 1.165) is 0 Å². The molecule has 0 radical (unpaired) electrons. The Morgan fingerprint density at radius 1 is 1.27 bits per heavy atom. The van der Waals surface area contributed by atoms with E-state index in [1.165, 1.54) is 24.4 Å². The molecule has 1 N–H and O–H groups in total. The molecule has 0 saturated carbocycles. The number of aromatic nitrogens is 1. The van der Waals surface area contributed by atoms with Crippen molar-refractivity contribution in [3.05, 3.63) is 47.9 Å². The Bertz CT molecular complexity index is 650. The van der Waals surface area contributed by atoms with Crippen molar-refractivity contribution < 1.29 is 22.6 Å². The lowest BCUT2D eigenvalue weighted by atomic mass is 10.0. The zero-order valence-corrected chi connectivity index (χ0v) is 11.4. The van der Waals surface area contributed by atoms with E-state index in [1.54, 1.807) is 12.1 Å². The summed E-state index contributed by atoms with van der Waals surface area (Å²) < 4.78 is 47.4. The number of benzene rings is 1. The van der Waals surface area contributed by atoms with Crippen LogP contribution in [-0.2, 0) is 0 Å². The molecule has 116 valence electrons. The van der Waals surface area contributed by atoms with Crippen LogP contribution in [0.4, 0.5) is 19.0 Å². The van der Waals surface area contributed by atoms with Gasteiger partial charge in [0.25, 0.3) is 0 Å². The van der Waals surface area contributed by atoms with Gasteiger partial charge in [0, 0.05) is 12.0 Å². The summed E-state index contributed by atoms with van der Waals surface area (Å²) in [6.45, 7) is -2.50. The van der Waals surface area contributed by atoms with Crippen LogP contribution in [0.5, 0.6) is 11.5 Å². The van der Waals surface area contributed by atoms with E-state index in [9.17, 15) is 13.2 Å². The van der Waals surface area contributed by atoms with Crippen molar-refractivity contribution in [3.63, 3.8) is 0 Å². The number of hydrogen-bond donors (Lipinski definition) is 1. The second-order valence-corrected chi connectivity index (χ2v) is 4.75. The number of ether oxygens (including phenoxy) is 2. The maximum atomic E-state index is 13.7. The lowest BCUT2D eigenvalue weighted by Crippen LogP contribution is -2.21. The second-order valence-electron chi connectivity index (χ2n) is 4.75. The summed E-state index contributed by atoms with van der Waals surface area (Å²) in [5, 5.41) is 3.14. The number of pyridine rings is 1. The van der Waals surface area contributed by atoms with Crippen LogP contribution in [0.15, 0.2) is 36.5 Å². The number of anilines is 1. The van der Waals surface area contributed by atoms with Gasteiger partial charge in [0.2, 0.25) is 0 Å². The summed E-state index contributed by atoms with van der Waals surface area (Å²) in [5.41, 5.74) is 0.709. The molecule has 1 aromatic heterocycles. The Morgan fingerprint density at radius 3 is 2.86 bits per heavy atom. The molecule has 22 heavy (non-hydrogen) atoms. The van der Waals surface area contributed by atoms with Crippen LogP contribution < -0.4 is 14.8 Å². The maximum Gasteiger partial charge on any atom is 0.387 e. The molecule has 1 aliphatic rings. The number of halogens is 3. The van der Waals surface area contributed by atoms with Gasteiger partial charge in [0.15, 0.2) is 11.6 Å². The van der Waals surface area contributed by atoms with Gasteiger partial charge in [-0.1, -0.05) is 12.1 Å². The summed E-state index contributed by atoms with van der Waals surface area (Å²) in [7, 11) is 0. The van der Waals surface area contributed by atoms with Crippen LogP contribution in [0.1, 0.15) is 18.0 Å². The zero-order valence-electron chi connectivity index (χ0n) is 11.4. The van der Waals surface area contributed by atoms with E-state index in [1.807, 2.05) is 0 Å². The first kappa shape index (κ1) is 14.5. The number of para-hydroxylation sites is 1. The Labute approximate surface area is 124 Å². The van der Waals surface area contributed by atoms with Gasteiger partial charge in [-0.25, -0.2) is 9.37 Å². The van der Waals surface area contributed by atoms with Crippen LogP contribution >= 0.6 is 0 Å². The Kier molecular flexibility index (Phi) is 4.04. The monoisotopic (exact) mass is 310 g/mol. The highest BCUT2D eigenvalue weighted by atomic mass is 19.3. The molecule has 2 heterocycles. The van der Waals surface area contributed by atoms with Crippen LogP contribution in [0.3, 0.4) is 0 Å². The molecule has 7 heteroatoms. The minimum Gasteiger partial charge on any atom is -0.490 e. The fourth-order valence-corrected chi connectivity index (χ4v) is 2.35. The number of alkyl halides is 2. The molecule has 0 bridgehead atoms. The molecule has 3 rings (SSSR count). The first-order valence-electron chi connectivity index (χ1n) is 6.72. The predicted molar refractivity (Wildman–Crippen MR) is 73.7 cm³/mol. The third-order valence-electron chi connectivity index (χ3n) is 3.31. The maximum absolute atomic E-state index is 13.7. The number of hydrogen-bond acceptors (Lipinski definition) is 4. The predicted octanol–water partition coefficient (Wildman–Crippen LogP) is 3.76. The quantitative estimate of drug-likeness (QED) is 0.934. The van der Waals surface area contributed by atoms with E-state index >= 15 is 0 Å². The molecule has 0 aliphatic carbocycles. The lowest BCUT2D eigenvalue weighted by molar-refractivity contribution is -0.0500. The molecule has 1 atom stereocenters. The SMILES string of the molecule is Fc1cccc2c1OCC[C@@H]2Nc1ccc(OC(F)F)cn1. The van der Waals surface area contributed by atoms with E-state index in [-0.39, 0.29) is 17.5 Å². The van der Waals surface area contributed by atoms with E-state index in [0.29, 0.717) is 24.4 Å². The van der Waals surface area contributed by atoms with Crippen LogP contribution in [0.25, 0.3) is 0 Å². The fraction of sp³-hybridized carbons (Fsp3) is 0.267. The molecule has 0 fully saturated rings. The van der Waals surface area contributed by atoms with Gasteiger partial charge in [0.1, 0.15) is 11.6 Å². The Morgan fingerprint density at radius 2 is 2.14 bits per heavy atom. The molecule has 0 saturated heterocycles. The summed E-state index contributed by atoms with van der Waals surface area (Å²) >= 11 is 0. The van der Waals surface area contributed by atoms with Gasteiger partial charge < -0.3 is 14.8 Å². The van der Waals surface area contributed by atoms with Gasteiger partial charge in [0.05, 0.1) is 18.8 Å². The van der Waals surface area contributed by atoms with Crippen molar-refractivity contribution >= 4 is 5.82 Å². The highest BCUT2D eigenvalue weighted by Crippen LogP contribution is 2.35. The second kappa shape index (κ2) is 6.13. The number of nitrogens with one attached hydrogen (secondary N) is 1. The summed E-state index contributed by atoms with van der Waals surface area (Å²) in [4.78, 5) is 4.02. The molecular weight excluding hydrogens is 297 g/mol. The summed E-state index contributed by atoms with van der Waals surface area (Å²) in [6, 6.07) is 7.51. The van der Waals surface area contributed by atoms with Gasteiger partial charge >= 0.3 is 6.61 Å². The van der Waals surface area contributed by atoms with E-state index in [2.05, 4.69) is 15.0 Å². The van der Waals surface area contributed by atoms with Crippen molar-refractivity contribution in [2.45, 2.75) is 19.1 Å². The number of nitrogens with zero attached hydrogens (tertiary/aromatic N) is 1. The molecule has 0 unspecified atom stereocenters. The summed E-state index contributed by atoms with van der Waals surface area (Å²) in [6.07, 6.45) is 1.85. The Hall–Kier alpha value is -2.44. The van der Waals surface area contributed by atoms with Crippen molar-refractivity contribution in [1.29, 1.82) is 0 Å². The van der Waals surface area contributed by atoms with Gasteiger partial charge in [-0.2, -0.15) is 8.78 Å². The van der Waals surface area contributed by atoms with Crippen LogP contribution in [-0.4, -0.2) is 18.2 Å². The van der Waals surface area contributed by atoms with Crippen molar-refractivity contribution in [3.8, 4) is 11.5 Å². The first-order chi connectivity index (χ1) is 10.6. The standard InChI is InChI=1S/C15H13F3N2O2/c16-11-3-1-2-10-12(6-7-21-14(10)11)20-13-5-4-9(8-19-13)22-15(17)18/h1-5,8,12,15H,6-7H2,(H,19,20)/t12-/m0/s1. The first-order valence-corrected chi connectivity index (χ1v) is 6.72. The van der Waals surface area contributed by atoms with Crippen molar-refractivity contribution in [2.24, 2.45) is 0 Å². The van der Waals surface area contributed by atoms with Crippen LogP contribution in [0, 0.1) is 5.82 Å². The lowest BCUT2D eigenvalue weighted by Gasteiger charge is -2.27. The third kappa shape index (κ3) is 3.08. The average Bonchev–Trinajstić information content (AvgIpc) is 2.50. The molecule has 1 aromatic carbocycles. The Balaban J connectivity index is 1.76. The molecule has 1 aliphatic heterocycles. The third-order valence-corrected chi connectivity index (χ3v) is 3.31. The minimum absolute atomic E-state index is 0.0148. The highest BCUT2D eigenvalue weighted by Gasteiger charge is 2.24. The number of fused-ring (bicyclic) bond motifs is 1. The molecule has 0 amide bonds. The fourth-order valence-electron chi connectivity index (χ4n) is 2.35. The number of rotatable bonds is 4. The topological polar surface area (TPSA) is 43.4 Å². The van der Waals surface area contributed by atoms with E-state index < -0.39 is 12.4 Å². The molecule has 4 nitrogen and oxygen atoms in total. The van der Waals surface area contributed by atoms with Gasteiger partial charge in [-0.3, -0.25) is 0 Å². The minimum atomic E-state index is -2.88. The van der Waals surface area contributed by atoms with Crippen LogP contribution in [0.2, 0.25) is 0 Å². The van der Waals surface area contributed by atoms with Gasteiger partial charge in [-0.15, -0.1) is 0 Å². The highest BCUT2D eigenvalue weighted by molar-refractivity contribution is 5.46. The average molecular weight is 310 g/mol. The van der Waals surface area contributed by atoms with Gasteiger partial charge in [-0.05, 0) is 18.2 Å². The van der Waals surface area contributed by atoms with Crippen molar-refractivity contribution in [2.75, 3.05) is 11.9 Å². The largest absolute Gasteiger partial charge is 0.490 e. The summed E-state index contributed by atoms with van der Waals surface area (Å²) in [5.74, 6) is 0.309. The molecule has 0 spiro atoms. The molecular formula is C15H13F3N2O2. The zero-order chi connectivity index (χ0) is 15.5. The van der Waals surface area contributed by atoms with Crippen molar-refractivity contribution in [1.82, 2.24) is 4.98 Å². The smallest absolute Gasteiger partial charge is 0.387 e. The molecule has 2 aromatic rings. The van der Waals surface area contributed by atoms with E-state index in [4.69, 9.17) is 4.74 Å². The normalized spacial score (nSPS) is 16.8.